The lowest BCUT2D eigenvalue weighted by Crippen LogP contribution is -2.24. The van der Waals surface area contributed by atoms with Gasteiger partial charge in [-0.3, -0.25) is 9.59 Å². The Bertz CT molecular complexity index is 417. The molecule has 20 heavy (non-hydrogen) atoms. The van der Waals surface area contributed by atoms with Gasteiger partial charge in [-0.05, 0) is 30.7 Å². The van der Waals surface area contributed by atoms with Gasteiger partial charge in [0.1, 0.15) is 0 Å². The molecule has 110 valence electrons. The highest BCUT2D eigenvalue weighted by atomic mass is 16.4. The minimum Gasteiger partial charge on any atom is -0.481 e. The van der Waals surface area contributed by atoms with Crippen LogP contribution in [0.4, 0.5) is 0 Å². The number of rotatable bonds is 9. The van der Waals surface area contributed by atoms with Crippen LogP contribution in [-0.4, -0.2) is 23.5 Å². The molecule has 1 aromatic carbocycles. The van der Waals surface area contributed by atoms with E-state index in [2.05, 4.69) is 24.4 Å². The van der Waals surface area contributed by atoms with Gasteiger partial charge in [-0.1, -0.05) is 37.3 Å². The predicted molar refractivity (Wildman–Crippen MR) is 78.6 cm³/mol. The predicted octanol–water partition coefficient (Wildman–Crippen LogP) is 2.94. The minimum atomic E-state index is -0.784. The van der Waals surface area contributed by atoms with E-state index < -0.39 is 5.97 Å². The lowest BCUT2D eigenvalue weighted by Gasteiger charge is -2.11. The van der Waals surface area contributed by atoms with E-state index in [9.17, 15) is 9.59 Å². The normalized spacial score (nSPS) is 11.8. The number of unbranched alkanes of at least 4 members (excludes halogenated alkanes) is 1. The third kappa shape index (κ3) is 6.92. The zero-order valence-corrected chi connectivity index (χ0v) is 12.0. The van der Waals surface area contributed by atoms with Gasteiger partial charge in [0, 0.05) is 19.4 Å². The van der Waals surface area contributed by atoms with Crippen molar-refractivity contribution in [2.24, 2.45) is 0 Å². The number of aliphatic carboxylic acids is 1. The number of hydrogen-bond acceptors (Lipinski definition) is 2. The van der Waals surface area contributed by atoms with Gasteiger partial charge < -0.3 is 10.4 Å². The maximum absolute atomic E-state index is 11.6. The second kappa shape index (κ2) is 9.13. The zero-order valence-electron chi connectivity index (χ0n) is 12.0. The molecular formula is C16H23NO3. The van der Waals surface area contributed by atoms with Crippen LogP contribution in [0.25, 0.3) is 0 Å². The average molecular weight is 277 g/mol. The summed E-state index contributed by atoms with van der Waals surface area (Å²) < 4.78 is 0. The van der Waals surface area contributed by atoms with Crippen molar-refractivity contribution in [1.82, 2.24) is 5.32 Å². The van der Waals surface area contributed by atoms with Crippen molar-refractivity contribution in [2.75, 3.05) is 6.54 Å². The molecule has 0 spiro atoms. The first-order chi connectivity index (χ1) is 9.59. The summed E-state index contributed by atoms with van der Waals surface area (Å²) in [5, 5.41) is 11.3. The Kier molecular flexibility index (Phi) is 7.40. The van der Waals surface area contributed by atoms with Crippen LogP contribution in [0.5, 0.6) is 0 Å². The van der Waals surface area contributed by atoms with Gasteiger partial charge in [-0.2, -0.15) is 0 Å². The average Bonchev–Trinajstić information content (AvgIpc) is 2.45. The van der Waals surface area contributed by atoms with E-state index in [0.717, 1.165) is 6.42 Å². The van der Waals surface area contributed by atoms with E-state index >= 15 is 0 Å². The molecule has 1 unspecified atom stereocenters. The Hall–Kier alpha value is -1.84. The molecule has 4 heteroatoms. The summed E-state index contributed by atoms with van der Waals surface area (Å²) in [6.07, 6.45) is 2.82. The number of carboxylic acids is 1. The van der Waals surface area contributed by atoms with Crippen molar-refractivity contribution < 1.29 is 14.7 Å². The second-order valence-electron chi connectivity index (χ2n) is 5.05. The SMILES string of the molecule is CC(CCC(=O)NCCCCC(=O)O)c1ccccc1. The lowest BCUT2D eigenvalue weighted by molar-refractivity contribution is -0.137. The first kappa shape index (κ1) is 16.2. The van der Waals surface area contributed by atoms with Gasteiger partial charge >= 0.3 is 5.97 Å². The third-order valence-corrected chi connectivity index (χ3v) is 3.31. The first-order valence-corrected chi connectivity index (χ1v) is 7.13. The summed E-state index contributed by atoms with van der Waals surface area (Å²) >= 11 is 0. The molecule has 1 atom stereocenters. The van der Waals surface area contributed by atoms with E-state index in [-0.39, 0.29) is 12.3 Å². The van der Waals surface area contributed by atoms with Crippen molar-refractivity contribution in [3.8, 4) is 0 Å². The zero-order chi connectivity index (χ0) is 14.8. The van der Waals surface area contributed by atoms with Crippen LogP contribution in [0.3, 0.4) is 0 Å². The molecule has 0 saturated heterocycles. The minimum absolute atomic E-state index is 0.0445. The molecular weight excluding hydrogens is 254 g/mol. The van der Waals surface area contributed by atoms with E-state index in [0.29, 0.717) is 31.7 Å². The number of hydrogen-bond donors (Lipinski definition) is 2. The smallest absolute Gasteiger partial charge is 0.303 e. The Balaban J connectivity index is 2.12. The van der Waals surface area contributed by atoms with Crippen LogP contribution < -0.4 is 5.32 Å². The van der Waals surface area contributed by atoms with E-state index in [1.807, 2.05) is 18.2 Å². The molecule has 0 aromatic heterocycles. The van der Waals surface area contributed by atoms with E-state index in [1.54, 1.807) is 0 Å². The number of amides is 1. The molecule has 2 N–H and O–H groups in total. The molecule has 0 fully saturated rings. The number of carboxylic acid groups (broad SMARTS) is 1. The summed E-state index contributed by atoms with van der Waals surface area (Å²) in [6.45, 7) is 2.68. The number of benzene rings is 1. The summed E-state index contributed by atoms with van der Waals surface area (Å²) in [4.78, 5) is 22.0. The van der Waals surface area contributed by atoms with Gasteiger partial charge in [-0.15, -0.1) is 0 Å². The van der Waals surface area contributed by atoms with Crippen molar-refractivity contribution in [3.05, 3.63) is 35.9 Å². The monoisotopic (exact) mass is 277 g/mol. The fraction of sp³-hybridized carbons (Fsp3) is 0.500. The Labute approximate surface area is 120 Å². The molecule has 1 rings (SSSR count). The number of nitrogens with one attached hydrogen (secondary N) is 1. The fourth-order valence-corrected chi connectivity index (χ4v) is 2.01. The molecule has 0 saturated carbocycles. The van der Waals surface area contributed by atoms with Crippen LogP contribution in [-0.2, 0) is 9.59 Å². The van der Waals surface area contributed by atoms with Gasteiger partial charge in [0.25, 0.3) is 0 Å². The van der Waals surface area contributed by atoms with Crippen LogP contribution >= 0.6 is 0 Å². The molecule has 0 heterocycles. The molecule has 1 amide bonds. The van der Waals surface area contributed by atoms with Gasteiger partial charge in [0.2, 0.25) is 5.91 Å². The summed E-state index contributed by atoms with van der Waals surface area (Å²) in [5.74, 6) is -0.370. The van der Waals surface area contributed by atoms with E-state index in [4.69, 9.17) is 5.11 Å². The van der Waals surface area contributed by atoms with Gasteiger partial charge in [-0.25, -0.2) is 0 Å². The Morgan fingerprint density at radius 1 is 1.15 bits per heavy atom. The van der Waals surface area contributed by atoms with Crippen molar-refractivity contribution in [3.63, 3.8) is 0 Å². The third-order valence-electron chi connectivity index (χ3n) is 3.31. The van der Waals surface area contributed by atoms with Crippen molar-refractivity contribution in [2.45, 2.75) is 44.9 Å². The quantitative estimate of drug-likeness (QED) is 0.682. The Morgan fingerprint density at radius 2 is 1.85 bits per heavy atom. The maximum atomic E-state index is 11.6. The van der Waals surface area contributed by atoms with Crippen LogP contribution in [0.1, 0.15) is 50.5 Å². The topological polar surface area (TPSA) is 66.4 Å². The molecule has 0 aliphatic carbocycles. The second-order valence-corrected chi connectivity index (χ2v) is 5.05. The lowest BCUT2D eigenvalue weighted by atomic mass is 9.96. The van der Waals surface area contributed by atoms with Crippen molar-refractivity contribution >= 4 is 11.9 Å². The Morgan fingerprint density at radius 3 is 2.50 bits per heavy atom. The summed E-state index contributed by atoms with van der Waals surface area (Å²) in [6, 6.07) is 10.2. The molecule has 0 bridgehead atoms. The highest BCUT2D eigenvalue weighted by molar-refractivity contribution is 5.75. The first-order valence-electron chi connectivity index (χ1n) is 7.13. The standard InChI is InChI=1S/C16H23NO3/c1-13(14-7-3-2-4-8-14)10-11-15(18)17-12-6-5-9-16(19)20/h2-4,7-8,13H,5-6,9-12H2,1H3,(H,17,18)(H,19,20). The number of carbonyl (C=O) groups is 2. The molecule has 0 aliphatic heterocycles. The maximum Gasteiger partial charge on any atom is 0.303 e. The van der Waals surface area contributed by atoms with E-state index in [1.165, 1.54) is 5.56 Å². The van der Waals surface area contributed by atoms with Crippen LogP contribution in [0, 0.1) is 0 Å². The van der Waals surface area contributed by atoms with Crippen molar-refractivity contribution in [1.29, 1.82) is 0 Å². The number of carbonyl (C=O) groups excluding carboxylic acids is 1. The van der Waals surface area contributed by atoms with Gasteiger partial charge in [0.15, 0.2) is 0 Å². The summed E-state index contributed by atoms with van der Waals surface area (Å²) in [7, 11) is 0. The largest absolute Gasteiger partial charge is 0.481 e. The molecule has 1 aromatic rings. The molecule has 0 radical (unpaired) electrons. The highest BCUT2D eigenvalue weighted by Gasteiger charge is 2.08. The molecule has 4 nitrogen and oxygen atoms in total. The fourth-order valence-electron chi connectivity index (χ4n) is 2.01. The van der Waals surface area contributed by atoms with Crippen LogP contribution in [0.2, 0.25) is 0 Å². The molecule has 0 aliphatic rings. The van der Waals surface area contributed by atoms with Crippen LogP contribution in [0.15, 0.2) is 30.3 Å². The summed E-state index contributed by atoms with van der Waals surface area (Å²) in [5.41, 5.74) is 1.25. The van der Waals surface area contributed by atoms with Gasteiger partial charge in [0.05, 0.1) is 0 Å². The highest BCUT2D eigenvalue weighted by Crippen LogP contribution is 2.19.